The van der Waals surface area contributed by atoms with Crippen LogP contribution in [-0.4, -0.2) is 16.8 Å². The minimum Gasteiger partial charge on any atom is -0.398 e. The number of nitrogen functional groups attached to an aromatic ring is 2. The Bertz CT molecular complexity index is 1100. The monoisotopic (exact) mass is 456 g/mol. The van der Waals surface area contributed by atoms with Crippen molar-refractivity contribution >= 4 is 39.7 Å². The fraction of sp³-hybridized carbons (Fsp3) is 0.360. The molecular formula is C25H30ClFN4O. The first-order chi connectivity index (χ1) is 15.2. The number of rotatable bonds is 3. The van der Waals surface area contributed by atoms with E-state index in [9.17, 15) is 9.18 Å². The fourth-order valence-corrected chi connectivity index (χ4v) is 3.99. The average molecular weight is 457 g/mol. The highest BCUT2D eigenvalue weighted by molar-refractivity contribution is 6.33. The first-order valence-electron chi connectivity index (χ1n) is 10.9. The number of aromatic nitrogens is 1. The predicted molar refractivity (Wildman–Crippen MR) is 131 cm³/mol. The molecule has 1 saturated carbocycles. The van der Waals surface area contributed by atoms with E-state index in [0.717, 1.165) is 0 Å². The van der Waals surface area contributed by atoms with Crippen LogP contribution in [0.4, 0.5) is 15.8 Å². The molecule has 0 spiro atoms. The maximum absolute atomic E-state index is 13.9. The van der Waals surface area contributed by atoms with Gasteiger partial charge in [0, 0.05) is 23.5 Å². The number of Topliss-reactive ketones (excluding diaryl/α,β-unsaturated/α-hetero) is 1. The molecule has 7 heteroatoms. The van der Waals surface area contributed by atoms with Crippen molar-refractivity contribution in [3.63, 3.8) is 0 Å². The maximum atomic E-state index is 13.9. The normalized spacial score (nSPS) is 14.3. The molecule has 1 aromatic heterocycles. The van der Waals surface area contributed by atoms with Gasteiger partial charge in [-0.2, -0.15) is 0 Å². The molecule has 170 valence electrons. The molecule has 32 heavy (non-hydrogen) atoms. The summed E-state index contributed by atoms with van der Waals surface area (Å²) in [6, 6.07) is 8.78. The zero-order valence-corrected chi connectivity index (χ0v) is 19.3. The van der Waals surface area contributed by atoms with Crippen molar-refractivity contribution < 1.29 is 9.18 Å². The first-order valence-corrected chi connectivity index (χ1v) is 11.3. The fourth-order valence-electron chi connectivity index (χ4n) is 3.79. The van der Waals surface area contributed by atoms with Crippen LogP contribution in [0.2, 0.25) is 5.02 Å². The van der Waals surface area contributed by atoms with Crippen LogP contribution in [0.25, 0.3) is 22.0 Å². The van der Waals surface area contributed by atoms with Crippen LogP contribution in [0.15, 0.2) is 36.5 Å². The van der Waals surface area contributed by atoms with Gasteiger partial charge in [-0.1, -0.05) is 50.8 Å². The van der Waals surface area contributed by atoms with Gasteiger partial charge in [0.15, 0.2) is 5.78 Å². The van der Waals surface area contributed by atoms with Gasteiger partial charge in [0.1, 0.15) is 5.82 Å². The summed E-state index contributed by atoms with van der Waals surface area (Å²) in [6.07, 6.45) is 8.16. The van der Waals surface area contributed by atoms with Gasteiger partial charge < -0.3 is 17.2 Å². The number of anilines is 2. The van der Waals surface area contributed by atoms with Gasteiger partial charge in [0.25, 0.3) is 0 Å². The second-order valence-electron chi connectivity index (χ2n) is 8.59. The zero-order chi connectivity index (χ0) is 23.4. The highest BCUT2D eigenvalue weighted by atomic mass is 35.5. The molecule has 3 aromatic rings. The molecule has 1 aliphatic rings. The van der Waals surface area contributed by atoms with E-state index in [1.165, 1.54) is 44.4 Å². The van der Waals surface area contributed by atoms with Crippen molar-refractivity contribution in [3.8, 4) is 11.1 Å². The summed E-state index contributed by atoms with van der Waals surface area (Å²) >= 11 is 5.97. The number of nitrogens with zero attached hydrogens (tertiary/aromatic N) is 1. The summed E-state index contributed by atoms with van der Waals surface area (Å²) in [5, 5.41) is 0.780. The molecule has 0 aliphatic heterocycles. The molecule has 6 N–H and O–H groups in total. The van der Waals surface area contributed by atoms with Crippen molar-refractivity contribution in [2.24, 2.45) is 11.7 Å². The minimum absolute atomic E-state index is 0.0705. The number of pyridine rings is 1. The molecular weight excluding hydrogens is 427 g/mol. The number of hydrogen-bond donors (Lipinski definition) is 3. The van der Waals surface area contributed by atoms with E-state index in [0.29, 0.717) is 39.3 Å². The van der Waals surface area contributed by atoms with Gasteiger partial charge >= 0.3 is 0 Å². The van der Waals surface area contributed by atoms with Crippen molar-refractivity contribution in [1.82, 2.24) is 4.98 Å². The molecule has 1 heterocycles. The lowest BCUT2D eigenvalue weighted by Crippen LogP contribution is -2.22. The van der Waals surface area contributed by atoms with Crippen molar-refractivity contribution in [1.29, 1.82) is 0 Å². The topological polar surface area (TPSA) is 108 Å². The van der Waals surface area contributed by atoms with E-state index in [1.54, 1.807) is 24.3 Å². The van der Waals surface area contributed by atoms with Crippen molar-refractivity contribution in [2.75, 3.05) is 11.5 Å². The SMILES string of the molecule is CC(C)C(=O)c1cnc2ccc(-c3cc(F)c(N)c(Cl)c3)cc2c1N.NC1CCCCC1. The number of halogens is 2. The van der Waals surface area contributed by atoms with Gasteiger partial charge in [-0.15, -0.1) is 0 Å². The number of benzene rings is 2. The number of fused-ring (bicyclic) bond motifs is 1. The molecule has 4 rings (SSSR count). The summed E-state index contributed by atoms with van der Waals surface area (Å²) < 4.78 is 13.9. The smallest absolute Gasteiger partial charge is 0.169 e. The third-order valence-electron chi connectivity index (χ3n) is 5.76. The van der Waals surface area contributed by atoms with E-state index >= 15 is 0 Å². The Hall–Kier alpha value is -2.70. The lowest BCUT2D eigenvalue weighted by atomic mass is 9.97. The Morgan fingerprint density at radius 2 is 1.75 bits per heavy atom. The Morgan fingerprint density at radius 1 is 1.06 bits per heavy atom. The van der Waals surface area contributed by atoms with Gasteiger partial charge in [0.2, 0.25) is 0 Å². The van der Waals surface area contributed by atoms with Gasteiger partial charge in [-0.05, 0) is 48.2 Å². The summed E-state index contributed by atoms with van der Waals surface area (Å²) in [5.74, 6) is -0.842. The molecule has 1 fully saturated rings. The molecule has 5 nitrogen and oxygen atoms in total. The minimum atomic E-state index is -0.586. The highest BCUT2D eigenvalue weighted by Gasteiger charge is 2.17. The summed E-state index contributed by atoms with van der Waals surface area (Å²) in [4.78, 5) is 16.6. The van der Waals surface area contributed by atoms with E-state index in [4.69, 9.17) is 28.8 Å². The average Bonchev–Trinajstić information content (AvgIpc) is 2.77. The van der Waals surface area contributed by atoms with Gasteiger partial charge in [-0.3, -0.25) is 9.78 Å². The molecule has 2 aromatic carbocycles. The molecule has 1 aliphatic carbocycles. The molecule has 0 bridgehead atoms. The van der Waals surface area contributed by atoms with E-state index in [1.807, 2.05) is 13.8 Å². The second kappa shape index (κ2) is 10.3. The van der Waals surface area contributed by atoms with Crippen LogP contribution in [-0.2, 0) is 0 Å². The lowest BCUT2D eigenvalue weighted by Gasteiger charge is -2.15. The highest BCUT2D eigenvalue weighted by Crippen LogP contribution is 2.33. The van der Waals surface area contributed by atoms with Crippen LogP contribution in [0.3, 0.4) is 0 Å². The molecule has 0 unspecified atom stereocenters. The van der Waals surface area contributed by atoms with Gasteiger partial charge in [0.05, 0.1) is 27.5 Å². The first kappa shape index (κ1) is 24.0. The van der Waals surface area contributed by atoms with E-state index in [2.05, 4.69) is 4.98 Å². The molecule has 0 atom stereocenters. The Morgan fingerprint density at radius 3 is 2.31 bits per heavy atom. The van der Waals surface area contributed by atoms with Crippen LogP contribution < -0.4 is 17.2 Å². The second-order valence-corrected chi connectivity index (χ2v) is 9.00. The number of carbonyl (C=O) groups is 1. The Balaban J connectivity index is 0.000000352. The number of hydrogen-bond acceptors (Lipinski definition) is 5. The van der Waals surface area contributed by atoms with Crippen LogP contribution in [0, 0.1) is 11.7 Å². The zero-order valence-electron chi connectivity index (χ0n) is 18.5. The van der Waals surface area contributed by atoms with E-state index in [-0.39, 0.29) is 22.4 Å². The van der Waals surface area contributed by atoms with Crippen molar-refractivity contribution in [2.45, 2.75) is 52.0 Å². The Labute approximate surface area is 193 Å². The molecule has 0 saturated heterocycles. The third kappa shape index (κ3) is 5.37. The quantitative estimate of drug-likeness (QED) is 0.332. The predicted octanol–water partition coefficient (Wildman–Crippen LogP) is 5.98. The van der Waals surface area contributed by atoms with Crippen LogP contribution >= 0.6 is 11.6 Å². The molecule has 0 radical (unpaired) electrons. The van der Waals surface area contributed by atoms with Gasteiger partial charge in [-0.25, -0.2) is 4.39 Å². The number of ketones is 1. The summed E-state index contributed by atoms with van der Waals surface area (Å²) in [6.45, 7) is 3.61. The van der Waals surface area contributed by atoms with E-state index < -0.39 is 5.82 Å². The largest absolute Gasteiger partial charge is 0.398 e. The third-order valence-corrected chi connectivity index (χ3v) is 6.07. The summed E-state index contributed by atoms with van der Waals surface area (Å²) in [5.41, 5.74) is 20.0. The molecule has 0 amide bonds. The number of carbonyl (C=O) groups excluding carboxylic acids is 1. The standard InChI is InChI=1S/C19H17ClFN3O.C6H13N/c1-9(2)19(25)13-8-24-16-4-3-10(5-12(16)17(13)22)11-6-14(20)18(23)15(21)7-11;7-6-4-2-1-3-5-6/h3-9H,23H2,1-2H3,(H2,22,24);6H,1-5,7H2. The number of nitrogens with two attached hydrogens (primary N) is 3. The Kier molecular flexibility index (Phi) is 7.69. The van der Waals surface area contributed by atoms with Crippen LogP contribution in [0.5, 0.6) is 0 Å². The lowest BCUT2D eigenvalue weighted by molar-refractivity contribution is 0.0940. The van der Waals surface area contributed by atoms with Crippen LogP contribution in [0.1, 0.15) is 56.3 Å². The van der Waals surface area contributed by atoms with Crippen molar-refractivity contribution in [3.05, 3.63) is 52.9 Å². The summed E-state index contributed by atoms with van der Waals surface area (Å²) in [7, 11) is 0. The maximum Gasteiger partial charge on any atom is 0.169 e.